The quantitative estimate of drug-likeness (QED) is 0.251. The molecular formula is C24H16Cl2F9N3O3. The van der Waals surface area contributed by atoms with Crippen LogP contribution in [0.2, 0.25) is 10.0 Å². The molecule has 17 heteroatoms. The standard InChI is InChI=1S/C22H15Cl2F6N3O.C2HF3O2/c23-15-8-5-13(17(24)10-15)11-32-20(34)33-18(12-3-6-14(7-4-12)21(25,26)27)19-16(22(28,29)30)2-1-9-31-19;3-2(4,5)1(6)7/h1-10,18H,11H2,(H2,32,33,34);(H,6,7)/t18-;/m0./s1. The van der Waals surface area contributed by atoms with Crippen LogP contribution in [0.1, 0.15) is 34.0 Å². The molecule has 2 aromatic carbocycles. The van der Waals surface area contributed by atoms with Crippen molar-refractivity contribution in [3.63, 3.8) is 0 Å². The second kappa shape index (κ2) is 13.3. The highest BCUT2D eigenvalue weighted by Gasteiger charge is 2.39. The summed E-state index contributed by atoms with van der Waals surface area (Å²) >= 11 is 11.9. The Balaban J connectivity index is 0.000000745. The molecule has 3 N–H and O–H groups in total. The number of nitrogens with one attached hydrogen (secondary N) is 2. The van der Waals surface area contributed by atoms with E-state index in [0.717, 1.165) is 30.5 Å². The molecule has 6 nitrogen and oxygen atoms in total. The van der Waals surface area contributed by atoms with Gasteiger partial charge in [0.25, 0.3) is 0 Å². The average Bonchev–Trinajstić information content (AvgIpc) is 2.85. The van der Waals surface area contributed by atoms with Crippen LogP contribution in [0.15, 0.2) is 60.8 Å². The van der Waals surface area contributed by atoms with Crippen molar-refractivity contribution in [2.24, 2.45) is 0 Å². The van der Waals surface area contributed by atoms with E-state index in [2.05, 4.69) is 15.6 Å². The minimum Gasteiger partial charge on any atom is -0.475 e. The van der Waals surface area contributed by atoms with Crippen LogP contribution < -0.4 is 10.6 Å². The molecule has 0 bridgehead atoms. The van der Waals surface area contributed by atoms with Crippen molar-refractivity contribution >= 4 is 35.2 Å². The molecule has 0 saturated carbocycles. The Morgan fingerprint density at radius 1 is 0.878 bits per heavy atom. The number of pyridine rings is 1. The van der Waals surface area contributed by atoms with E-state index in [1.54, 1.807) is 6.07 Å². The first-order valence-electron chi connectivity index (χ1n) is 10.8. The van der Waals surface area contributed by atoms with Gasteiger partial charge in [-0.2, -0.15) is 39.5 Å². The highest BCUT2D eigenvalue weighted by Crippen LogP contribution is 2.36. The van der Waals surface area contributed by atoms with Gasteiger partial charge in [-0.1, -0.05) is 41.4 Å². The van der Waals surface area contributed by atoms with Crippen LogP contribution in [0.3, 0.4) is 0 Å². The predicted molar refractivity (Wildman–Crippen MR) is 128 cm³/mol. The number of alkyl halides is 9. The number of carbonyl (C=O) groups excluding carboxylic acids is 1. The minimum atomic E-state index is -5.08. The molecule has 1 aromatic heterocycles. The molecule has 0 aliphatic carbocycles. The number of aliphatic carboxylic acids is 1. The smallest absolute Gasteiger partial charge is 0.475 e. The van der Waals surface area contributed by atoms with Gasteiger partial charge in [0.15, 0.2) is 0 Å². The molecule has 1 atom stereocenters. The fourth-order valence-corrected chi connectivity index (χ4v) is 3.56. The van der Waals surface area contributed by atoms with E-state index in [1.807, 2.05) is 0 Å². The summed E-state index contributed by atoms with van der Waals surface area (Å²) < 4.78 is 111. The monoisotopic (exact) mass is 635 g/mol. The zero-order valence-electron chi connectivity index (χ0n) is 19.9. The largest absolute Gasteiger partial charge is 0.490 e. The lowest BCUT2D eigenvalue weighted by Crippen LogP contribution is -2.39. The molecule has 222 valence electrons. The molecule has 0 spiro atoms. The van der Waals surface area contributed by atoms with Crippen LogP contribution >= 0.6 is 23.2 Å². The number of carboxylic acids is 1. The molecule has 2 amide bonds. The molecular weight excluding hydrogens is 620 g/mol. The van der Waals surface area contributed by atoms with Gasteiger partial charge in [0.05, 0.1) is 22.9 Å². The Bertz CT molecular complexity index is 1360. The van der Waals surface area contributed by atoms with E-state index in [0.29, 0.717) is 22.7 Å². The first kappa shape index (κ1) is 33.5. The van der Waals surface area contributed by atoms with E-state index in [1.165, 1.54) is 12.1 Å². The summed E-state index contributed by atoms with van der Waals surface area (Å²) in [6.07, 6.45) is -13.4. The van der Waals surface area contributed by atoms with Gasteiger partial charge in [0.2, 0.25) is 0 Å². The summed E-state index contributed by atoms with van der Waals surface area (Å²) in [7, 11) is 0. The van der Waals surface area contributed by atoms with E-state index in [4.69, 9.17) is 33.1 Å². The van der Waals surface area contributed by atoms with Crippen LogP contribution in [0, 0.1) is 0 Å². The number of halogens is 11. The zero-order valence-corrected chi connectivity index (χ0v) is 21.4. The minimum absolute atomic E-state index is 0.0307. The van der Waals surface area contributed by atoms with Gasteiger partial charge in [0, 0.05) is 22.8 Å². The number of carbonyl (C=O) groups is 2. The second-order valence-electron chi connectivity index (χ2n) is 7.85. The third-order valence-electron chi connectivity index (χ3n) is 4.96. The molecule has 0 aliphatic heterocycles. The van der Waals surface area contributed by atoms with Gasteiger partial charge < -0.3 is 15.7 Å². The van der Waals surface area contributed by atoms with Crippen LogP contribution in [-0.4, -0.2) is 28.3 Å². The lowest BCUT2D eigenvalue weighted by Gasteiger charge is -2.23. The van der Waals surface area contributed by atoms with Gasteiger partial charge >= 0.3 is 30.5 Å². The number of rotatable bonds is 5. The molecule has 3 aromatic rings. The first-order valence-corrected chi connectivity index (χ1v) is 11.5. The Kier molecular flexibility index (Phi) is 10.9. The van der Waals surface area contributed by atoms with E-state index >= 15 is 0 Å². The van der Waals surface area contributed by atoms with Crippen LogP contribution in [0.5, 0.6) is 0 Å². The number of benzene rings is 2. The lowest BCUT2D eigenvalue weighted by atomic mass is 9.98. The van der Waals surface area contributed by atoms with Crippen molar-refractivity contribution in [3.8, 4) is 0 Å². The Labute approximate surface area is 235 Å². The van der Waals surface area contributed by atoms with E-state index < -0.39 is 53.4 Å². The number of carboxylic acid groups (broad SMARTS) is 1. The summed E-state index contributed by atoms with van der Waals surface area (Å²) in [4.78, 5) is 25.2. The topological polar surface area (TPSA) is 91.3 Å². The summed E-state index contributed by atoms with van der Waals surface area (Å²) in [6, 6.07) is 7.39. The number of amides is 2. The zero-order chi connectivity index (χ0) is 31.2. The van der Waals surface area contributed by atoms with E-state index in [9.17, 15) is 44.3 Å². The molecule has 3 rings (SSSR count). The van der Waals surface area contributed by atoms with Crippen LogP contribution in [0.4, 0.5) is 44.3 Å². The van der Waals surface area contributed by atoms with Crippen molar-refractivity contribution in [1.82, 2.24) is 15.6 Å². The SMILES string of the molecule is O=C(NCc1ccc(Cl)cc1Cl)N[C@@H](c1ccc(C(F)(F)F)cc1)c1ncccc1C(F)(F)F.O=C(O)C(F)(F)F. The number of aromatic nitrogens is 1. The normalized spacial score (nSPS) is 12.6. The predicted octanol–water partition coefficient (Wildman–Crippen LogP) is 7.65. The van der Waals surface area contributed by atoms with Crippen molar-refractivity contribution in [1.29, 1.82) is 0 Å². The maximum atomic E-state index is 13.6. The Hall–Kier alpha value is -3.72. The molecule has 0 aliphatic rings. The molecule has 41 heavy (non-hydrogen) atoms. The number of hydrogen-bond donors (Lipinski definition) is 3. The van der Waals surface area contributed by atoms with Gasteiger partial charge in [0.1, 0.15) is 0 Å². The van der Waals surface area contributed by atoms with Gasteiger partial charge in [-0.15, -0.1) is 0 Å². The van der Waals surface area contributed by atoms with Crippen molar-refractivity contribution in [3.05, 3.63) is 98.8 Å². The summed E-state index contributed by atoms with van der Waals surface area (Å²) in [6.45, 7) is -0.0874. The van der Waals surface area contributed by atoms with Crippen molar-refractivity contribution < 1.29 is 54.2 Å². The maximum absolute atomic E-state index is 13.6. The Morgan fingerprint density at radius 2 is 1.46 bits per heavy atom. The van der Waals surface area contributed by atoms with Crippen LogP contribution in [-0.2, 0) is 23.7 Å². The molecule has 1 heterocycles. The number of nitrogens with zero attached hydrogens (tertiary/aromatic N) is 1. The average molecular weight is 636 g/mol. The number of urea groups is 1. The van der Waals surface area contributed by atoms with Crippen molar-refractivity contribution in [2.45, 2.75) is 31.1 Å². The second-order valence-corrected chi connectivity index (χ2v) is 8.70. The Morgan fingerprint density at radius 3 is 1.95 bits per heavy atom. The van der Waals surface area contributed by atoms with E-state index in [-0.39, 0.29) is 17.1 Å². The first-order chi connectivity index (χ1) is 18.8. The van der Waals surface area contributed by atoms with Crippen LogP contribution in [0.25, 0.3) is 0 Å². The molecule has 0 saturated heterocycles. The maximum Gasteiger partial charge on any atom is 0.490 e. The van der Waals surface area contributed by atoms with Gasteiger partial charge in [-0.3, -0.25) is 4.98 Å². The van der Waals surface area contributed by atoms with Gasteiger partial charge in [-0.05, 0) is 47.5 Å². The van der Waals surface area contributed by atoms with Gasteiger partial charge in [-0.25, -0.2) is 9.59 Å². The molecule has 0 unspecified atom stereocenters. The fourth-order valence-electron chi connectivity index (χ4n) is 3.08. The summed E-state index contributed by atoms with van der Waals surface area (Å²) in [5.41, 5.74) is -2.25. The third-order valence-corrected chi connectivity index (χ3v) is 5.55. The molecule has 0 radical (unpaired) electrons. The highest BCUT2D eigenvalue weighted by molar-refractivity contribution is 6.35. The highest BCUT2D eigenvalue weighted by atomic mass is 35.5. The lowest BCUT2D eigenvalue weighted by molar-refractivity contribution is -0.192. The molecule has 0 fully saturated rings. The fraction of sp³-hybridized carbons (Fsp3) is 0.208. The third kappa shape index (κ3) is 10.0. The summed E-state index contributed by atoms with van der Waals surface area (Å²) in [5, 5.41) is 12.6. The number of hydrogen-bond acceptors (Lipinski definition) is 3. The summed E-state index contributed by atoms with van der Waals surface area (Å²) in [5.74, 6) is -2.76. The van der Waals surface area contributed by atoms with Crippen molar-refractivity contribution in [2.75, 3.05) is 0 Å².